The van der Waals surface area contributed by atoms with Gasteiger partial charge < -0.3 is 15.0 Å². The zero-order chi connectivity index (χ0) is 14.3. The van der Waals surface area contributed by atoms with Crippen LogP contribution in [0.15, 0.2) is 6.20 Å². The van der Waals surface area contributed by atoms with Crippen molar-refractivity contribution in [3.63, 3.8) is 0 Å². The minimum absolute atomic E-state index is 0.0963. The first kappa shape index (κ1) is 16.1. The molecule has 0 unspecified atom stereocenters. The van der Waals surface area contributed by atoms with Crippen LogP contribution < -0.4 is 5.32 Å². The standard InChI is InChI=1S/C13H27N5O/c1-13(2,3)14-10-12-11-18(16-15-12)7-9-19-8-6-17(4)5/h11,14H,6-10H2,1-5H3. The number of likely N-dealkylation sites (N-methyl/N-ethyl adjacent to an activating group) is 1. The summed E-state index contributed by atoms with van der Waals surface area (Å²) in [6.07, 6.45) is 1.97. The molecule has 0 spiro atoms. The summed E-state index contributed by atoms with van der Waals surface area (Å²) in [5, 5.41) is 11.6. The van der Waals surface area contributed by atoms with Gasteiger partial charge in [0.1, 0.15) is 0 Å². The fourth-order valence-corrected chi connectivity index (χ4v) is 1.39. The SMILES string of the molecule is CN(C)CCOCCn1cc(CNC(C)(C)C)nn1. The largest absolute Gasteiger partial charge is 0.378 e. The molecule has 0 aliphatic carbocycles. The molecule has 1 aromatic rings. The first-order valence-electron chi connectivity index (χ1n) is 6.73. The average molecular weight is 269 g/mol. The molecule has 0 aromatic carbocycles. The van der Waals surface area contributed by atoms with E-state index in [0.717, 1.165) is 31.9 Å². The van der Waals surface area contributed by atoms with Crippen LogP contribution in [0.5, 0.6) is 0 Å². The molecule has 0 fully saturated rings. The van der Waals surface area contributed by atoms with Crippen molar-refractivity contribution >= 4 is 0 Å². The highest BCUT2D eigenvalue weighted by atomic mass is 16.5. The first-order chi connectivity index (χ1) is 8.87. The van der Waals surface area contributed by atoms with Gasteiger partial charge in [0, 0.05) is 24.8 Å². The molecule has 0 aliphatic rings. The molecule has 0 atom stereocenters. The summed E-state index contributed by atoms with van der Waals surface area (Å²) in [5.74, 6) is 0. The van der Waals surface area contributed by atoms with Gasteiger partial charge in [0.05, 0.1) is 25.5 Å². The van der Waals surface area contributed by atoms with Gasteiger partial charge in [-0.15, -0.1) is 5.10 Å². The number of nitrogens with zero attached hydrogens (tertiary/aromatic N) is 4. The minimum Gasteiger partial charge on any atom is -0.378 e. The highest BCUT2D eigenvalue weighted by Crippen LogP contribution is 2.01. The molecule has 0 amide bonds. The number of hydrogen-bond acceptors (Lipinski definition) is 5. The van der Waals surface area contributed by atoms with Crippen LogP contribution in [0.25, 0.3) is 0 Å². The summed E-state index contributed by atoms with van der Waals surface area (Å²) >= 11 is 0. The Morgan fingerprint density at radius 3 is 2.68 bits per heavy atom. The molecule has 1 rings (SSSR count). The van der Waals surface area contributed by atoms with Gasteiger partial charge in [0.25, 0.3) is 0 Å². The Morgan fingerprint density at radius 2 is 2.05 bits per heavy atom. The van der Waals surface area contributed by atoms with E-state index in [1.54, 1.807) is 0 Å². The van der Waals surface area contributed by atoms with E-state index < -0.39 is 0 Å². The highest BCUT2D eigenvalue weighted by Gasteiger charge is 2.09. The van der Waals surface area contributed by atoms with Gasteiger partial charge in [-0.05, 0) is 34.9 Å². The lowest BCUT2D eigenvalue weighted by molar-refractivity contribution is 0.108. The van der Waals surface area contributed by atoms with E-state index in [9.17, 15) is 0 Å². The Morgan fingerprint density at radius 1 is 1.32 bits per heavy atom. The molecule has 0 aliphatic heterocycles. The fraction of sp³-hybridized carbons (Fsp3) is 0.846. The fourth-order valence-electron chi connectivity index (χ4n) is 1.39. The molecule has 6 nitrogen and oxygen atoms in total. The zero-order valence-corrected chi connectivity index (χ0v) is 12.8. The Labute approximate surface area is 116 Å². The van der Waals surface area contributed by atoms with Crippen LogP contribution in [0.2, 0.25) is 0 Å². The Balaban J connectivity index is 2.20. The van der Waals surface area contributed by atoms with Crippen LogP contribution >= 0.6 is 0 Å². The van der Waals surface area contributed by atoms with Crippen LogP contribution in [0.1, 0.15) is 26.5 Å². The summed E-state index contributed by atoms with van der Waals surface area (Å²) in [7, 11) is 4.07. The maximum Gasteiger partial charge on any atom is 0.0965 e. The van der Waals surface area contributed by atoms with Crippen molar-refractivity contribution in [1.82, 2.24) is 25.2 Å². The molecule has 6 heteroatoms. The quantitative estimate of drug-likeness (QED) is 0.706. The normalized spacial score (nSPS) is 12.3. The van der Waals surface area contributed by atoms with Crippen molar-refractivity contribution in [3.8, 4) is 0 Å². The summed E-state index contributed by atoms with van der Waals surface area (Å²) < 4.78 is 7.35. The van der Waals surface area contributed by atoms with Gasteiger partial charge in [0.2, 0.25) is 0 Å². The van der Waals surface area contributed by atoms with E-state index in [0.29, 0.717) is 6.61 Å². The molecular formula is C13H27N5O. The molecule has 1 heterocycles. The number of nitrogens with one attached hydrogen (secondary N) is 1. The van der Waals surface area contributed by atoms with Crippen LogP contribution in [-0.2, 0) is 17.8 Å². The number of ether oxygens (including phenoxy) is 1. The van der Waals surface area contributed by atoms with Crippen molar-refractivity contribution in [2.75, 3.05) is 33.9 Å². The van der Waals surface area contributed by atoms with Crippen LogP contribution in [-0.4, -0.2) is 59.3 Å². The summed E-state index contributed by atoms with van der Waals surface area (Å²) in [6, 6.07) is 0. The molecule has 19 heavy (non-hydrogen) atoms. The van der Waals surface area contributed by atoms with E-state index in [4.69, 9.17) is 4.74 Å². The predicted molar refractivity (Wildman–Crippen MR) is 76.0 cm³/mol. The second-order valence-electron chi connectivity index (χ2n) is 5.99. The van der Waals surface area contributed by atoms with Gasteiger partial charge in [-0.3, -0.25) is 0 Å². The smallest absolute Gasteiger partial charge is 0.0965 e. The van der Waals surface area contributed by atoms with Crippen molar-refractivity contribution in [3.05, 3.63) is 11.9 Å². The van der Waals surface area contributed by atoms with E-state index in [-0.39, 0.29) is 5.54 Å². The van der Waals surface area contributed by atoms with Crippen molar-refractivity contribution in [2.24, 2.45) is 0 Å². The molecule has 0 radical (unpaired) electrons. The van der Waals surface area contributed by atoms with Gasteiger partial charge in [-0.25, -0.2) is 4.68 Å². The maximum atomic E-state index is 5.53. The lowest BCUT2D eigenvalue weighted by Gasteiger charge is -2.19. The van der Waals surface area contributed by atoms with E-state index in [1.807, 2.05) is 25.0 Å². The number of rotatable bonds is 8. The molecular weight excluding hydrogens is 242 g/mol. The molecule has 0 saturated carbocycles. The van der Waals surface area contributed by atoms with Gasteiger partial charge in [-0.2, -0.15) is 0 Å². The van der Waals surface area contributed by atoms with Gasteiger partial charge in [0.15, 0.2) is 0 Å². The predicted octanol–water partition coefficient (Wildman–Crippen LogP) is 0.744. The number of hydrogen-bond donors (Lipinski definition) is 1. The third kappa shape index (κ3) is 7.92. The Kier molecular flexibility index (Phi) is 6.41. The van der Waals surface area contributed by atoms with E-state index in [1.165, 1.54) is 0 Å². The number of aromatic nitrogens is 3. The summed E-state index contributed by atoms with van der Waals surface area (Å²) in [6.45, 7) is 10.3. The molecule has 0 saturated heterocycles. The van der Waals surface area contributed by atoms with Crippen LogP contribution in [0.3, 0.4) is 0 Å². The highest BCUT2D eigenvalue weighted by molar-refractivity contribution is 4.92. The maximum absolute atomic E-state index is 5.53. The Bertz CT molecular complexity index is 356. The van der Waals surface area contributed by atoms with Crippen molar-refractivity contribution < 1.29 is 4.74 Å². The monoisotopic (exact) mass is 269 g/mol. The molecule has 1 aromatic heterocycles. The van der Waals surface area contributed by atoms with Gasteiger partial charge in [-0.1, -0.05) is 5.21 Å². The van der Waals surface area contributed by atoms with Gasteiger partial charge >= 0.3 is 0 Å². The molecule has 0 bridgehead atoms. The molecule has 110 valence electrons. The summed E-state index contributed by atoms with van der Waals surface area (Å²) in [5.41, 5.74) is 1.06. The average Bonchev–Trinajstić information content (AvgIpc) is 2.72. The topological polar surface area (TPSA) is 55.2 Å². The zero-order valence-electron chi connectivity index (χ0n) is 12.8. The third-order valence-electron chi connectivity index (χ3n) is 2.53. The van der Waals surface area contributed by atoms with Crippen LogP contribution in [0, 0.1) is 0 Å². The van der Waals surface area contributed by atoms with Crippen molar-refractivity contribution in [1.29, 1.82) is 0 Å². The summed E-state index contributed by atoms with van der Waals surface area (Å²) in [4.78, 5) is 2.10. The first-order valence-corrected chi connectivity index (χ1v) is 6.73. The van der Waals surface area contributed by atoms with E-state index >= 15 is 0 Å². The lowest BCUT2D eigenvalue weighted by atomic mass is 10.1. The second-order valence-corrected chi connectivity index (χ2v) is 5.99. The third-order valence-corrected chi connectivity index (χ3v) is 2.53. The van der Waals surface area contributed by atoms with Crippen LogP contribution in [0.4, 0.5) is 0 Å². The van der Waals surface area contributed by atoms with Crippen molar-refractivity contribution in [2.45, 2.75) is 39.4 Å². The minimum atomic E-state index is 0.0963. The second kappa shape index (κ2) is 7.57. The Hall–Kier alpha value is -0.980. The molecule has 1 N–H and O–H groups in total. The lowest BCUT2D eigenvalue weighted by Crippen LogP contribution is -2.35. The van der Waals surface area contributed by atoms with E-state index in [2.05, 4.69) is 41.3 Å².